The fourth-order valence-corrected chi connectivity index (χ4v) is 5.39. The van der Waals surface area contributed by atoms with Crippen LogP contribution in [0.3, 0.4) is 0 Å². The molecule has 1 aromatic heterocycles. The number of carbonyl (C=O) groups excluding carboxylic acids is 1. The van der Waals surface area contributed by atoms with Crippen molar-refractivity contribution in [1.29, 1.82) is 0 Å². The molecule has 0 atom stereocenters. The Kier molecular flexibility index (Phi) is 5.88. The zero-order valence-corrected chi connectivity index (χ0v) is 18.1. The minimum atomic E-state index is -3.63. The van der Waals surface area contributed by atoms with Gasteiger partial charge in [0.25, 0.3) is 11.5 Å². The van der Waals surface area contributed by atoms with E-state index in [4.69, 9.17) is 0 Å². The van der Waals surface area contributed by atoms with Crippen molar-refractivity contribution in [3.63, 3.8) is 0 Å². The second-order valence-corrected chi connectivity index (χ2v) is 9.56. The first kappa shape index (κ1) is 21.2. The van der Waals surface area contributed by atoms with Gasteiger partial charge in [0.1, 0.15) is 0 Å². The Bertz CT molecular complexity index is 1290. The second-order valence-electron chi connectivity index (χ2n) is 7.62. The van der Waals surface area contributed by atoms with Gasteiger partial charge in [-0.15, -0.1) is 0 Å². The standard InChI is InChI=1S/C22H24N4O4S/c1-25-22(28)19-12-5-4-11-18(19)20(24-25)21(27)23-16-9-8-10-17(15-16)31(29,30)26-13-6-2-3-7-14-26/h4-5,8-12,15H,2-3,6-7,13-14H2,1H3,(H,23,27). The third-order valence-corrected chi connectivity index (χ3v) is 7.36. The third-order valence-electron chi connectivity index (χ3n) is 5.47. The van der Waals surface area contributed by atoms with Crippen molar-refractivity contribution in [2.24, 2.45) is 7.05 Å². The normalized spacial score (nSPS) is 15.5. The average molecular weight is 441 g/mol. The van der Waals surface area contributed by atoms with Gasteiger partial charge < -0.3 is 5.32 Å². The first-order valence-corrected chi connectivity index (χ1v) is 11.7. The fourth-order valence-electron chi connectivity index (χ4n) is 3.82. The smallest absolute Gasteiger partial charge is 0.276 e. The maximum atomic E-state index is 13.1. The highest BCUT2D eigenvalue weighted by Gasteiger charge is 2.25. The van der Waals surface area contributed by atoms with Crippen molar-refractivity contribution >= 4 is 32.4 Å². The summed E-state index contributed by atoms with van der Waals surface area (Å²) in [6.07, 6.45) is 3.76. The summed E-state index contributed by atoms with van der Waals surface area (Å²) in [6, 6.07) is 13.0. The first-order chi connectivity index (χ1) is 14.9. The van der Waals surface area contributed by atoms with E-state index in [2.05, 4.69) is 10.4 Å². The monoisotopic (exact) mass is 440 g/mol. The highest BCUT2D eigenvalue weighted by Crippen LogP contribution is 2.23. The number of aryl methyl sites for hydroxylation is 1. The lowest BCUT2D eigenvalue weighted by molar-refractivity contribution is 0.102. The summed E-state index contributed by atoms with van der Waals surface area (Å²) in [5, 5.41) is 7.68. The molecule has 9 heteroatoms. The summed E-state index contributed by atoms with van der Waals surface area (Å²) >= 11 is 0. The van der Waals surface area contributed by atoms with Crippen LogP contribution in [0.25, 0.3) is 10.8 Å². The van der Waals surface area contributed by atoms with Crippen LogP contribution in [0.5, 0.6) is 0 Å². The lowest BCUT2D eigenvalue weighted by atomic mass is 10.1. The molecule has 1 aliphatic rings. The minimum Gasteiger partial charge on any atom is -0.321 e. The molecule has 8 nitrogen and oxygen atoms in total. The van der Waals surface area contributed by atoms with E-state index < -0.39 is 15.9 Å². The van der Waals surface area contributed by atoms with E-state index >= 15 is 0 Å². The largest absolute Gasteiger partial charge is 0.321 e. The molecule has 3 aromatic rings. The Labute approximate surface area is 180 Å². The van der Waals surface area contributed by atoms with E-state index in [1.807, 2.05) is 0 Å². The van der Waals surface area contributed by atoms with E-state index in [0.717, 1.165) is 30.4 Å². The van der Waals surface area contributed by atoms with Crippen LogP contribution >= 0.6 is 0 Å². The zero-order valence-electron chi connectivity index (χ0n) is 17.2. The second kappa shape index (κ2) is 8.60. The number of fused-ring (bicyclic) bond motifs is 1. The molecule has 2 aromatic carbocycles. The highest BCUT2D eigenvalue weighted by atomic mass is 32.2. The van der Waals surface area contributed by atoms with E-state index in [0.29, 0.717) is 29.5 Å². The van der Waals surface area contributed by atoms with Crippen LogP contribution in [0.4, 0.5) is 5.69 Å². The highest BCUT2D eigenvalue weighted by molar-refractivity contribution is 7.89. The van der Waals surface area contributed by atoms with Crippen molar-refractivity contribution < 1.29 is 13.2 Å². The van der Waals surface area contributed by atoms with Crippen LogP contribution in [0.2, 0.25) is 0 Å². The van der Waals surface area contributed by atoms with Crippen molar-refractivity contribution in [3.05, 3.63) is 64.6 Å². The van der Waals surface area contributed by atoms with Crippen LogP contribution in [-0.2, 0) is 17.1 Å². The summed E-state index contributed by atoms with van der Waals surface area (Å²) in [7, 11) is -2.15. The fraction of sp³-hybridized carbons (Fsp3) is 0.318. The number of hydrogen-bond acceptors (Lipinski definition) is 5. The van der Waals surface area contributed by atoms with Gasteiger partial charge >= 0.3 is 0 Å². The molecular weight excluding hydrogens is 416 g/mol. The van der Waals surface area contributed by atoms with Crippen molar-refractivity contribution in [3.8, 4) is 0 Å². The Morgan fingerprint density at radius 2 is 1.65 bits per heavy atom. The molecule has 1 amide bonds. The molecule has 1 N–H and O–H groups in total. The number of carbonyl (C=O) groups is 1. The van der Waals surface area contributed by atoms with Gasteiger partial charge in [-0.05, 0) is 37.1 Å². The summed E-state index contributed by atoms with van der Waals surface area (Å²) in [6.45, 7) is 1.01. The Hall–Kier alpha value is -3.04. The number of anilines is 1. The first-order valence-electron chi connectivity index (χ1n) is 10.3. The molecule has 0 bridgehead atoms. The molecule has 2 heterocycles. The van der Waals surface area contributed by atoms with E-state index in [1.54, 1.807) is 36.4 Å². The molecule has 1 fully saturated rings. The minimum absolute atomic E-state index is 0.0958. The van der Waals surface area contributed by atoms with Gasteiger partial charge in [0.15, 0.2) is 5.69 Å². The Morgan fingerprint density at radius 3 is 2.35 bits per heavy atom. The maximum absolute atomic E-state index is 13.1. The van der Waals surface area contributed by atoms with E-state index in [1.165, 1.54) is 23.5 Å². The third kappa shape index (κ3) is 4.24. The molecule has 1 saturated heterocycles. The van der Waals surface area contributed by atoms with Crippen LogP contribution in [0.1, 0.15) is 36.2 Å². The van der Waals surface area contributed by atoms with Crippen LogP contribution in [0, 0.1) is 0 Å². The lowest BCUT2D eigenvalue weighted by Gasteiger charge is -2.20. The van der Waals surface area contributed by atoms with Gasteiger partial charge in [0.2, 0.25) is 10.0 Å². The number of amides is 1. The van der Waals surface area contributed by atoms with Gasteiger partial charge in [0.05, 0.1) is 10.3 Å². The predicted molar refractivity (Wildman–Crippen MR) is 119 cm³/mol. The number of aromatic nitrogens is 2. The molecule has 0 radical (unpaired) electrons. The molecule has 0 spiro atoms. The number of nitrogens with one attached hydrogen (secondary N) is 1. The van der Waals surface area contributed by atoms with Gasteiger partial charge in [-0.2, -0.15) is 9.40 Å². The number of benzene rings is 2. The van der Waals surface area contributed by atoms with E-state index in [9.17, 15) is 18.0 Å². The Balaban J connectivity index is 1.64. The summed E-state index contributed by atoms with van der Waals surface area (Å²) in [5.74, 6) is -0.517. The van der Waals surface area contributed by atoms with Gasteiger partial charge in [-0.1, -0.05) is 37.1 Å². The van der Waals surface area contributed by atoms with Crippen molar-refractivity contribution in [2.75, 3.05) is 18.4 Å². The number of rotatable bonds is 4. The Morgan fingerprint density at radius 1 is 0.968 bits per heavy atom. The average Bonchev–Trinajstić information content (AvgIpc) is 3.07. The molecule has 0 unspecified atom stereocenters. The van der Waals surface area contributed by atoms with E-state index in [-0.39, 0.29) is 16.1 Å². The summed E-state index contributed by atoms with van der Waals surface area (Å²) in [5.41, 5.74) is 0.150. The van der Waals surface area contributed by atoms with Gasteiger partial charge in [-0.25, -0.2) is 13.1 Å². The van der Waals surface area contributed by atoms with Gasteiger partial charge in [-0.3, -0.25) is 9.59 Å². The summed E-state index contributed by atoms with van der Waals surface area (Å²) in [4.78, 5) is 25.4. The van der Waals surface area contributed by atoms with Crippen molar-refractivity contribution in [2.45, 2.75) is 30.6 Å². The molecule has 1 aliphatic heterocycles. The number of sulfonamides is 1. The molecule has 4 rings (SSSR count). The van der Waals surface area contributed by atoms with Crippen LogP contribution in [-0.4, -0.2) is 41.5 Å². The van der Waals surface area contributed by atoms with Crippen LogP contribution < -0.4 is 10.9 Å². The summed E-state index contributed by atoms with van der Waals surface area (Å²) < 4.78 is 28.8. The molecule has 0 aliphatic carbocycles. The van der Waals surface area contributed by atoms with Crippen molar-refractivity contribution in [1.82, 2.24) is 14.1 Å². The SMILES string of the molecule is Cn1nc(C(=O)Nc2cccc(S(=O)(=O)N3CCCCCC3)c2)c2ccccc2c1=O. The maximum Gasteiger partial charge on any atom is 0.276 e. The number of nitrogens with zero attached hydrogens (tertiary/aromatic N) is 3. The predicted octanol–water partition coefficient (Wildman–Crippen LogP) is 2.75. The van der Waals surface area contributed by atoms with Crippen LogP contribution in [0.15, 0.2) is 58.2 Å². The molecule has 0 saturated carbocycles. The lowest BCUT2D eigenvalue weighted by Crippen LogP contribution is -2.32. The molecule has 162 valence electrons. The topological polar surface area (TPSA) is 101 Å². The molecule has 31 heavy (non-hydrogen) atoms. The van der Waals surface area contributed by atoms with Gasteiger partial charge in [0, 0.05) is 31.2 Å². The molecular formula is C22H24N4O4S. The zero-order chi connectivity index (χ0) is 22.0. The quantitative estimate of drug-likeness (QED) is 0.672. The number of hydrogen-bond donors (Lipinski definition) is 1.